The van der Waals surface area contributed by atoms with Gasteiger partial charge in [0.1, 0.15) is 0 Å². The molecule has 0 aromatic carbocycles. The third kappa shape index (κ3) is 4.31. The van der Waals surface area contributed by atoms with E-state index < -0.39 is 16.6 Å². The van der Waals surface area contributed by atoms with Gasteiger partial charge >= 0.3 is 6.01 Å². The van der Waals surface area contributed by atoms with E-state index in [1.165, 1.54) is 18.4 Å². The quantitative estimate of drug-likeness (QED) is 0.794. The van der Waals surface area contributed by atoms with Crippen molar-refractivity contribution in [1.82, 2.24) is 9.97 Å². The third-order valence-corrected chi connectivity index (χ3v) is 4.53. The summed E-state index contributed by atoms with van der Waals surface area (Å²) in [4.78, 5) is 9.20. The average Bonchev–Trinajstić information content (AvgIpc) is 2.24. The van der Waals surface area contributed by atoms with Crippen LogP contribution in [-0.2, 0) is 12.8 Å². The number of hydrogen-bond donors (Lipinski definition) is 0. The fraction of sp³-hybridized carbons (Fsp3) is 0.714. The summed E-state index contributed by atoms with van der Waals surface area (Å²) in [5.74, 6) is 0.780. The molecule has 112 valence electrons. The molecular weight excluding hydrogens is 284 g/mol. The van der Waals surface area contributed by atoms with Gasteiger partial charge in [-0.25, -0.2) is 4.98 Å². The van der Waals surface area contributed by atoms with Crippen LogP contribution in [0, 0.1) is 0 Å². The molecule has 1 heterocycles. The summed E-state index contributed by atoms with van der Waals surface area (Å²) in [5, 5.41) is 0. The van der Waals surface area contributed by atoms with Gasteiger partial charge in [-0.1, -0.05) is 0 Å². The molecule has 0 spiro atoms. The molecule has 0 radical (unpaired) electrons. The number of fused-ring (bicyclic) bond motifs is 1. The standard InChI is InChI=1S/C14H26N2O2Si2/c1-19(2,3)17-13-11-9-7-8-10-12(11)15-14(16-13)18-20(4,5)6/h7-10H2,1-6H3. The Balaban J connectivity index is 2.39. The Kier molecular flexibility index (Phi) is 4.25. The first-order valence-corrected chi connectivity index (χ1v) is 14.2. The summed E-state index contributed by atoms with van der Waals surface area (Å²) in [7, 11) is -3.37. The predicted octanol–water partition coefficient (Wildman–Crippen LogP) is 3.78. The molecule has 4 nitrogen and oxygen atoms in total. The maximum atomic E-state index is 6.18. The highest BCUT2D eigenvalue weighted by atomic mass is 28.4. The Morgan fingerprint density at radius 3 is 2.00 bits per heavy atom. The van der Waals surface area contributed by atoms with Gasteiger partial charge in [-0.05, 0) is 65.0 Å². The van der Waals surface area contributed by atoms with Crippen LogP contribution in [0.1, 0.15) is 24.1 Å². The van der Waals surface area contributed by atoms with E-state index in [2.05, 4.69) is 49.3 Å². The molecule has 0 atom stereocenters. The van der Waals surface area contributed by atoms with Gasteiger partial charge in [0.2, 0.25) is 22.5 Å². The van der Waals surface area contributed by atoms with Crippen LogP contribution in [0.25, 0.3) is 0 Å². The van der Waals surface area contributed by atoms with Crippen molar-refractivity contribution in [2.45, 2.75) is 65.0 Å². The topological polar surface area (TPSA) is 44.2 Å². The van der Waals surface area contributed by atoms with Gasteiger partial charge in [-0.15, -0.1) is 0 Å². The molecule has 0 aliphatic heterocycles. The number of rotatable bonds is 4. The second kappa shape index (κ2) is 5.48. The highest BCUT2D eigenvalue weighted by Gasteiger charge is 2.26. The molecule has 20 heavy (non-hydrogen) atoms. The summed E-state index contributed by atoms with van der Waals surface area (Å²) in [5.41, 5.74) is 2.34. The zero-order chi connectivity index (χ0) is 15.0. The van der Waals surface area contributed by atoms with Crippen molar-refractivity contribution >= 4 is 16.6 Å². The Morgan fingerprint density at radius 2 is 1.40 bits per heavy atom. The molecule has 0 unspecified atom stereocenters. The van der Waals surface area contributed by atoms with Crippen molar-refractivity contribution in [1.29, 1.82) is 0 Å². The van der Waals surface area contributed by atoms with Crippen molar-refractivity contribution in [3.8, 4) is 11.9 Å². The van der Waals surface area contributed by atoms with Gasteiger partial charge < -0.3 is 8.85 Å². The van der Waals surface area contributed by atoms with Gasteiger partial charge in [0.15, 0.2) is 0 Å². The van der Waals surface area contributed by atoms with Gasteiger partial charge in [0.05, 0.1) is 5.69 Å². The van der Waals surface area contributed by atoms with Crippen LogP contribution < -0.4 is 8.85 Å². The molecule has 1 aliphatic rings. The van der Waals surface area contributed by atoms with E-state index in [-0.39, 0.29) is 0 Å². The Morgan fingerprint density at radius 1 is 0.800 bits per heavy atom. The normalized spacial score (nSPS) is 15.7. The summed E-state index contributed by atoms with van der Waals surface area (Å²) in [6.45, 7) is 13.0. The molecule has 6 heteroatoms. The molecule has 0 bridgehead atoms. The number of aromatic nitrogens is 2. The van der Waals surface area contributed by atoms with Crippen LogP contribution in [-0.4, -0.2) is 26.6 Å². The molecular formula is C14H26N2O2Si2. The zero-order valence-electron chi connectivity index (χ0n) is 13.5. The van der Waals surface area contributed by atoms with E-state index in [1.807, 2.05) is 0 Å². The fourth-order valence-corrected chi connectivity index (χ4v) is 3.62. The maximum Gasteiger partial charge on any atom is 0.306 e. The zero-order valence-corrected chi connectivity index (χ0v) is 15.5. The summed E-state index contributed by atoms with van der Waals surface area (Å²) >= 11 is 0. The second-order valence-corrected chi connectivity index (χ2v) is 16.2. The minimum absolute atomic E-state index is 0.512. The first kappa shape index (κ1) is 15.5. The Bertz CT molecular complexity index is 493. The van der Waals surface area contributed by atoms with Gasteiger partial charge in [0, 0.05) is 5.56 Å². The fourth-order valence-electron chi connectivity index (χ4n) is 2.23. The molecule has 0 fully saturated rings. The number of nitrogens with zero attached hydrogens (tertiary/aromatic N) is 2. The SMILES string of the molecule is C[Si](C)(C)Oc1nc2c(c(O[Si](C)(C)C)n1)CCCC2. The average molecular weight is 311 g/mol. The van der Waals surface area contributed by atoms with E-state index in [0.717, 1.165) is 24.4 Å². The van der Waals surface area contributed by atoms with Crippen LogP contribution in [0.5, 0.6) is 11.9 Å². The lowest BCUT2D eigenvalue weighted by Crippen LogP contribution is -2.33. The van der Waals surface area contributed by atoms with Crippen LogP contribution in [0.4, 0.5) is 0 Å². The van der Waals surface area contributed by atoms with Crippen molar-refractivity contribution in [2.75, 3.05) is 0 Å². The highest BCUT2D eigenvalue weighted by molar-refractivity contribution is 6.70. The molecule has 2 rings (SSSR count). The van der Waals surface area contributed by atoms with E-state index in [9.17, 15) is 0 Å². The van der Waals surface area contributed by atoms with Crippen LogP contribution in [0.2, 0.25) is 39.3 Å². The smallest absolute Gasteiger partial charge is 0.306 e. The Hall–Kier alpha value is -0.886. The summed E-state index contributed by atoms with van der Waals surface area (Å²) in [6, 6.07) is 0.512. The van der Waals surface area contributed by atoms with E-state index in [4.69, 9.17) is 8.85 Å². The first-order chi connectivity index (χ1) is 9.14. The summed E-state index contributed by atoms with van der Waals surface area (Å²) < 4.78 is 12.2. The maximum absolute atomic E-state index is 6.18. The monoisotopic (exact) mass is 310 g/mol. The molecule has 1 aliphatic carbocycles. The summed E-state index contributed by atoms with van der Waals surface area (Å²) in [6.07, 6.45) is 4.44. The number of aryl methyl sites for hydroxylation is 1. The molecule has 0 N–H and O–H groups in total. The molecule has 1 aromatic heterocycles. The van der Waals surface area contributed by atoms with Crippen molar-refractivity contribution in [2.24, 2.45) is 0 Å². The van der Waals surface area contributed by atoms with Crippen LogP contribution in [0.3, 0.4) is 0 Å². The van der Waals surface area contributed by atoms with Crippen LogP contribution >= 0.6 is 0 Å². The van der Waals surface area contributed by atoms with Crippen molar-refractivity contribution in [3.63, 3.8) is 0 Å². The van der Waals surface area contributed by atoms with E-state index in [1.54, 1.807) is 0 Å². The second-order valence-electron chi connectivity index (χ2n) is 7.37. The van der Waals surface area contributed by atoms with E-state index >= 15 is 0 Å². The van der Waals surface area contributed by atoms with Crippen molar-refractivity contribution in [3.05, 3.63) is 11.3 Å². The van der Waals surface area contributed by atoms with E-state index in [0.29, 0.717) is 6.01 Å². The highest BCUT2D eigenvalue weighted by Crippen LogP contribution is 2.31. The van der Waals surface area contributed by atoms with Gasteiger partial charge in [-0.2, -0.15) is 4.98 Å². The lowest BCUT2D eigenvalue weighted by Gasteiger charge is -2.25. The number of hydrogen-bond acceptors (Lipinski definition) is 4. The molecule has 0 saturated carbocycles. The molecule has 0 amide bonds. The predicted molar refractivity (Wildman–Crippen MR) is 86.6 cm³/mol. The largest absolute Gasteiger partial charge is 0.531 e. The lowest BCUT2D eigenvalue weighted by molar-refractivity contribution is 0.458. The molecule has 1 aromatic rings. The van der Waals surface area contributed by atoms with Crippen molar-refractivity contribution < 1.29 is 8.85 Å². The van der Waals surface area contributed by atoms with Gasteiger partial charge in [0.25, 0.3) is 0 Å². The van der Waals surface area contributed by atoms with Gasteiger partial charge in [-0.3, -0.25) is 0 Å². The first-order valence-electron chi connectivity index (χ1n) is 7.42. The lowest BCUT2D eigenvalue weighted by atomic mass is 9.97. The minimum Gasteiger partial charge on any atom is -0.531 e. The Labute approximate surface area is 124 Å². The minimum atomic E-state index is -1.69. The molecule has 0 saturated heterocycles. The van der Waals surface area contributed by atoms with Crippen LogP contribution in [0.15, 0.2) is 0 Å². The third-order valence-electron chi connectivity index (χ3n) is 2.92.